The highest BCUT2D eigenvalue weighted by atomic mass is 127. The summed E-state index contributed by atoms with van der Waals surface area (Å²) < 4.78 is 1.16. The van der Waals surface area contributed by atoms with Crippen molar-refractivity contribution in [3.05, 3.63) is 33.4 Å². The van der Waals surface area contributed by atoms with Gasteiger partial charge in [-0.25, -0.2) is 0 Å². The zero-order valence-electron chi connectivity index (χ0n) is 12.6. The number of nitrogens with one attached hydrogen (secondary N) is 1. The number of rotatable bonds is 4. The van der Waals surface area contributed by atoms with Crippen LogP contribution >= 0.6 is 22.6 Å². The Morgan fingerprint density at radius 3 is 2.38 bits per heavy atom. The fourth-order valence-corrected chi connectivity index (χ4v) is 2.98. The molecule has 1 aromatic carbocycles. The van der Waals surface area contributed by atoms with Crippen LogP contribution in [-0.4, -0.2) is 28.8 Å². The molecular weight excluding hydrogens is 379 g/mol. The summed E-state index contributed by atoms with van der Waals surface area (Å²) in [5, 5.41) is 2.86. The van der Waals surface area contributed by atoms with Crippen molar-refractivity contribution in [2.75, 3.05) is 0 Å². The number of hydrogen-bond acceptors (Lipinski definition) is 2. The Morgan fingerprint density at radius 1 is 1.24 bits per heavy atom. The minimum atomic E-state index is -0.413. The summed E-state index contributed by atoms with van der Waals surface area (Å²) in [6, 6.07) is 7.28. The Balaban J connectivity index is 2.25. The van der Waals surface area contributed by atoms with Gasteiger partial charge >= 0.3 is 0 Å². The monoisotopic (exact) mass is 400 g/mol. The van der Waals surface area contributed by atoms with Gasteiger partial charge in [-0.2, -0.15) is 0 Å². The van der Waals surface area contributed by atoms with E-state index in [2.05, 4.69) is 27.9 Å². The molecule has 5 heteroatoms. The van der Waals surface area contributed by atoms with E-state index in [0.29, 0.717) is 13.0 Å². The number of benzene rings is 1. The van der Waals surface area contributed by atoms with Crippen LogP contribution in [0.15, 0.2) is 24.3 Å². The van der Waals surface area contributed by atoms with E-state index in [4.69, 9.17) is 0 Å². The molecule has 1 aromatic rings. The molecule has 0 saturated carbocycles. The first kappa shape index (κ1) is 16.3. The lowest BCUT2D eigenvalue weighted by molar-refractivity contribution is -0.151. The van der Waals surface area contributed by atoms with E-state index in [1.807, 2.05) is 45.0 Å². The minimum Gasteiger partial charge on any atom is -0.342 e. The quantitative estimate of drug-likeness (QED) is 0.790. The Labute approximate surface area is 139 Å². The molecule has 2 atom stereocenters. The second-order valence-corrected chi connectivity index (χ2v) is 6.99. The number of amides is 2. The first-order valence-electron chi connectivity index (χ1n) is 7.29. The molecule has 2 unspecified atom stereocenters. The summed E-state index contributed by atoms with van der Waals surface area (Å²) in [6.07, 6.45) is 0.632. The molecule has 1 N–H and O–H groups in total. The molecule has 1 heterocycles. The lowest BCUT2D eigenvalue weighted by atomic mass is 9.96. The predicted molar refractivity (Wildman–Crippen MR) is 90.6 cm³/mol. The van der Waals surface area contributed by atoms with Crippen LogP contribution in [0.1, 0.15) is 32.8 Å². The predicted octanol–water partition coefficient (Wildman–Crippen LogP) is 2.55. The van der Waals surface area contributed by atoms with Gasteiger partial charge in [0.25, 0.3) is 0 Å². The van der Waals surface area contributed by atoms with Crippen molar-refractivity contribution < 1.29 is 9.59 Å². The summed E-state index contributed by atoms with van der Waals surface area (Å²) >= 11 is 2.25. The fraction of sp³-hybridized carbons (Fsp3) is 0.500. The molecule has 1 aliphatic rings. The number of hydrogen-bond donors (Lipinski definition) is 1. The third-order valence-corrected chi connectivity index (χ3v) is 4.56. The number of carbonyl (C=O) groups excluding carboxylic acids is 2. The number of carbonyl (C=O) groups is 2. The minimum absolute atomic E-state index is 0.0231. The molecule has 21 heavy (non-hydrogen) atoms. The van der Waals surface area contributed by atoms with Crippen LogP contribution in [0.4, 0.5) is 0 Å². The van der Waals surface area contributed by atoms with Crippen molar-refractivity contribution in [1.29, 1.82) is 0 Å². The molecule has 0 radical (unpaired) electrons. The van der Waals surface area contributed by atoms with E-state index in [9.17, 15) is 9.59 Å². The molecule has 1 saturated heterocycles. The van der Waals surface area contributed by atoms with Crippen molar-refractivity contribution in [3.8, 4) is 0 Å². The molecule has 0 bridgehead atoms. The van der Waals surface area contributed by atoms with E-state index < -0.39 is 6.04 Å². The lowest BCUT2D eigenvalue weighted by Crippen LogP contribution is -2.64. The van der Waals surface area contributed by atoms with Crippen molar-refractivity contribution in [1.82, 2.24) is 10.2 Å². The van der Waals surface area contributed by atoms with Gasteiger partial charge < -0.3 is 10.2 Å². The van der Waals surface area contributed by atoms with Crippen LogP contribution in [0.2, 0.25) is 0 Å². The average Bonchev–Trinajstić information content (AvgIpc) is 2.44. The van der Waals surface area contributed by atoms with Crippen molar-refractivity contribution >= 4 is 34.4 Å². The van der Waals surface area contributed by atoms with E-state index in [0.717, 1.165) is 9.13 Å². The van der Waals surface area contributed by atoms with Crippen LogP contribution in [0.25, 0.3) is 0 Å². The van der Waals surface area contributed by atoms with Gasteiger partial charge in [-0.3, -0.25) is 9.59 Å². The highest BCUT2D eigenvalue weighted by Gasteiger charge is 2.40. The molecule has 1 fully saturated rings. The van der Waals surface area contributed by atoms with Gasteiger partial charge in [0.15, 0.2) is 0 Å². The van der Waals surface area contributed by atoms with E-state index in [1.165, 1.54) is 0 Å². The zero-order chi connectivity index (χ0) is 15.6. The van der Waals surface area contributed by atoms with Crippen LogP contribution in [0.3, 0.4) is 0 Å². The van der Waals surface area contributed by atoms with Gasteiger partial charge in [0, 0.05) is 10.1 Å². The van der Waals surface area contributed by atoms with Crippen LogP contribution in [0.5, 0.6) is 0 Å². The second kappa shape index (κ2) is 6.77. The largest absolute Gasteiger partial charge is 0.342 e. The maximum absolute atomic E-state index is 12.7. The molecule has 0 aliphatic carbocycles. The van der Waals surface area contributed by atoms with Gasteiger partial charge in [-0.15, -0.1) is 0 Å². The zero-order valence-corrected chi connectivity index (χ0v) is 14.8. The molecule has 1 aliphatic heterocycles. The number of nitrogens with zero attached hydrogens (tertiary/aromatic N) is 1. The van der Waals surface area contributed by atoms with E-state index >= 15 is 0 Å². The van der Waals surface area contributed by atoms with Crippen molar-refractivity contribution in [3.63, 3.8) is 0 Å². The highest BCUT2D eigenvalue weighted by molar-refractivity contribution is 14.1. The fourth-order valence-electron chi connectivity index (χ4n) is 2.62. The molecule has 2 amide bonds. The number of halogens is 1. The first-order valence-corrected chi connectivity index (χ1v) is 8.37. The summed E-state index contributed by atoms with van der Waals surface area (Å²) in [5.74, 6) is 0.0785. The van der Waals surface area contributed by atoms with Crippen molar-refractivity contribution in [2.24, 2.45) is 5.92 Å². The lowest BCUT2D eigenvalue weighted by Gasteiger charge is -2.40. The molecule has 4 nitrogen and oxygen atoms in total. The summed E-state index contributed by atoms with van der Waals surface area (Å²) in [6.45, 7) is 6.34. The average molecular weight is 400 g/mol. The topological polar surface area (TPSA) is 49.4 Å². The molecular formula is C16H21IN2O2. The number of piperazine rings is 1. The SMILES string of the molecule is CCC1C(=O)NC(C(C)C)C(=O)N1Cc1ccc(I)cc1. The van der Waals surface area contributed by atoms with Gasteiger partial charge in [0.05, 0.1) is 0 Å². The van der Waals surface area contributed by atoms with Gasteiger partial charge in [-0.05, 0) is 52.6 Å². The van der Waals surface area contributed by atoms with E-state index in [-0.39, 0.29) is 23.8 Å². The third-order valence-electron chi connectivity index (χ3n) is 3.85. The molecule has 114 valence electrons. The summed E-state index contributed by atoms with van der Waals surface area (Å²) in [7, 11) is 0. The Hall–Kier alpha value is -1.11. The van der Waals surface area contributed by atoms with Gasteiger partial charge in [0.1, 0.15) is 12.1 Å². The Bertz CT molecular complexity index is 528. The van der Waals surface area contributed by atoms with Gasteiger partial charge in [0.2, 0.25) is 11.8 Å². The summed E-state index contributed by atoms with van der Waals surface area (Å²) in [5.41, 5.74) is 1.06. The maximum Gasteiger partial charge on any atom is 0.246 e. The Kier molecular flexibility index (Phi) is 5.24. The maximum atomic E-state index is 12.7. The van der Waals surface area contributed by atoms with Crippen LogP contribution in [-0.2, 0) is 16.1 Å². The second-order valence-electron chi connectivity index (χ2n) is 5.75. The first-order chi connectivity index (χ1) is 9.93. The van der Waals surface area contributed by atoms with Crippen LogP contribution < -0.4 is 5.32 Å². The third kappa shape index (κ3) is 3.56. The van der Waals surface area contributed by atoms with Gasteiger partial charge in [-0.1, -0.05) is 32.9 Å². The molecule has 0 spiro atoms. The standard InChI is InChI=1S/C16H21IN2O2/c1-4-13-15(20)18-14(10(2)3)16(21)19(13)9-11-5-7-12(17)8-6-11/h5-8,10,13-14H,4,9H2,1-3H3,(H,18,20). The van der Waals surface area contributed by atoms with Crippen LogP contribution in [0, 0.1) is 9.49 Å². The summed E-state index contributed by atoms with van der Waals surface area (Å²) in [4.78, 5) is 26.6. The van der Waals surface area contributed by atoms with Crippen molar-refractivity contribution in [2.45, 2.75) is 45.8 Å². The normalized spacial score (nSPS) is 22.6. The molecule has 0 aromatic heterocycles. The highest BCUT2D eigenvalue weighted by Crippen LogP contribution is 2.20. The Morgan fingerprint density at radius 2 is 1.86 bits per heavy atom. The molecule has 2 rings (SSSR count). The smallest absolute Gasteiger partial charge is 0.246 e. The van der Waals surface area contributed by atoms with E-state index in [1.54, 1.807) is 4.90 Å².